The van der Waals surface area contributed by atoms with Crippen molar-refractivity contribution in [1.82, 2.24) is 10.1 Å². The first-order valence-electron chi connectivity index (χ1n) is 6.09. The molecule has 3 rings (SSSR count). The zero-order valence-corrected chi connectivity index (χ0v) is 10.3. The molecule has 2 atom stereocenters. The van der Waals surface area contributed by atoms with E-state index in [-0.39, 0.29) is 23.4 Å². The van der Waals surface area contributed by atoms with Gasteiger partial charge in [-0.1, -0.05) is 5.16 Å². The molecule has 2 aliphatic rings. The standard InChI is InChI=1S/C12H16N2O4/c1-16-9-6-12(17-7-9)3-5-14(8-12)11(15)10-2-4-13-18-10/h2,4,9H,3,5-8H2,1H3/t9-,12+/m0/s1. The minimum Gasteiger partial charge on any atom is -0.379 e. The van der Waals surface area contributed by atoms with Crippen LogP contribution in [0.15, 0.2) is 16.8 Å². The Hall–Kier alpha value is -1.40. The van der Waals surface area contributed by atoms with Gasteiger partial charge in [0.2, 0.25) is 5.76 Å². The van der Waals surface area contributed by atoms with Gasteiger partial charge in [-0.25, -0.2) is 0 Å². The average molecular weight is 252 g/mol. The van der Waals surface area contributed by atoms with Gasteiger partial charge in [0.15, 0.2) is 0 Å². The largest absolute Gasteiger partial charge is 0.379 e. The number of ether oxygens (including phenoxy) is 2. The lowest BCUT2D eigenvalue weighted by atomic mass is 9.98. The van der Waals surface area contributed by atoms with Crippen LogP contribution in [0.25, 0.3) is 0 Å². The molecule has 0 bridgehead atoms. The maximum absolute atomic E-state index is 12.1. The normalized spacial score (nSPS) is 31.4. The molecule has 6 heteroatoms. The third kappa shape index (κ3) is 1.91. The smallest absolute Gasteiger partial charge is 0.292 e. The second-order valence-electron chi connectivity index (χ2n) is 4.91. The Morgan fingerprint density at radius 2 is 2.56 bits per heavy atom. The van der Waals surface area contributed by atoms with Crippen molar-refractivity contribution in [3.63, 3.8) is 0 Å². The molecular formula is C12H16N2O4. The minimum atomic E-state index is -0.226. The topological polar surface area (TPSA) is 64.8 Å². The molecule has 2 saturated heterocycles. The SMILES string of the molecule is CO[C@@H]1CO[C@]2(CCN(C(=O)c3ccno3)C2)C1. The van der Waals surface area contributed by atoms with Gasteiger partial charge in [0.1, 0.15) is 0 Å². The summed E-state index contributed by atoms with van der Waals surface area (Å²) in [6, 6.07) is 1.58. The molecule has 1 amide bonds. The van der Waals surface area contributed by atoms with E-state index >= 15 is 0 Å². The third-order valence-electron chi connectivity index (χ3n) is 3.76. The Balaban J connectivity index is 1.67. The molecule has 0 N–H and O–H groups in total. The summed E-state index contributed by atoms with van der Waals surface area (Å²) < 4.78 is 16.0. The fraction of sp³-hybridized carbons (Fsp3) is 0.667. The molecular weight excluding hydrogens is 236 g/mol. The van der Waals surface area contributed by atoms with E-state index in [4.69, 9.17) is 14.0 Å². The maximum Gasteiger partial charge on any atom is 0.292 e. The summed E-state index contributed by atoms with van der Waals surface area (Å²) in [5.74, 6) is 0.169. The third-order valence-corrected chi connectivity index (χ3v) is 3.76. The second kappa shape index (κ2) is 4.37. The van der Waals surface area contributed by atoms with E-state index in [1.54, 1.807) is 18.1 Å². The summed E-state index contributed by atoms with van der Waals surface area (Å²) in [7, 11) is 1.69. The van der Waals surface area contributed by atoms with E-state index in [1.165, 1.54) is 6.20 Å². The van der Waals surface area contributed by atoms with Crippen LogP contribution in [0.5, 0.6) is 0 Å². The fourth-order valence-electron chi connectivity index (χ4n) is 2.74. The number of rotatable bonds is 2. The predicted molar refractivity (Wildman–Crippen MR) is 61.1 cm³/mol. The van der Waals surface area contributed by atoms with E-state index in [0.717, 1.165) is 12.8 Å². The van der Waals surface area contributed by atoms with Crippen molar-refractivity contribution in [2.75, 3.05) is 26.8 Å². The molecule has 1 spiro atoms. The van der Waals surface area contributed by atoms with Gasteiger partial charge in [0.25, 0.3) is 5.91 Å². The van der Waals surface area contributed by atoms with Crippen LogP contribution in [0.4, 0.5) is 0 Å². The molecule has 6 nitrogen and oxygen atoms in total. The molecule has 2 aliphatic heterocycles. The molecule has 2 fully saturated rings. The van der Waals surface area contributed by atoms with E-state index in [2.05, 4.69) is 5.16 Å². The molecule has 98 valence electrons. The molecule has 1 aromatic heterocycles. The lowest BCUT2D eigenvalue weighted by Crippen LogP contribution is -2.35. The predicted octanol–water partition coefficient (Wildman–Crippen LogP) is 0.695. The van der Waals surface area contributed by atoms with Crippen LogP contribution in [0, 0.1) is 0 Å². The van der Waals surface area contributed by atoms with Crippen molar-refractivity contribution in [3.8, 4) is 0 Å². The molecule has 1 aromatic rings. The first-order valence-corrected chi connectivity index (χ1v) is 6.09. The summed E-state index contributed by atoms with van der Waals surface area (Å²) in [6.07, 6.45) is 3.33. The van der Waals surface area contributed by atoms with Crippen LogP contribution >= 0.6 is 0 Å². The van der Waals surface area contributed by atoms with Crippen LogP contribution in [-0.4, -0.2) is 54.5 Å². The van der Waals surface area contributed by atoms with Gasteiger partial charge in [-0.05, 0) is 6.42 Å². The highest BCUT2D eigenvalue weighted by molar-refractivity contribution is 5.91. The second-order valence-corrected chi connectivity index (χ2v) is 4.91. The summed E-state index contributed by atoms with van der Waals surface area (Å²) in [6.45, 7) is 1.91. The number of nitrogens with zero attached hydrogens (tertiary/aromatic N) is 2. The highest BCUT2D eigenvalue weighted by Gasteiger charge is 2.47. The zero-order valence-electron chi connectivity index (χ0n) is 10.3. The van der Waals surface area contributed by atoms with Crippen LogP contribution in [0.3, 0.4) is 0 Å². The highest BCUT2D eigenvalue weighted by atomic mass is 16.6. The van der Waals surface area contributed by atoms with Gasteiger partial charge in [-0.15, -0.1) is 0 Å². The number of methoxy groups -OCH3 is 1. The fourth-order valence-corrected chi connectivity index (χ4v) is 2.74. The number of likely N-dealkylation sites (tertiary alicyclic amines) is 1. The Labute approximate surface area is 105 Å². The van der Waals surface area contributed by atoms with Crippen LogP contribution in [0.1, 0.15) is 23.4 Å². The Morgan fingerprint density at radius 3 is 3.22 bits per heavy atom. The van der Waals surface area contributed by atoms with Gasteiger partial charge >= 0.3 is 0 Å². The number of aromatic nitrogens is 1. The van der Waals surface area contributed by atoms with Crippen molar-refractivity contribution in [2.45, 2.75) is 24.5 Å². The molecule has 0 aromatic carbocycles. The average Bonchev–Trinajstić information content (AvgIpc) is 3.10. The van der Waals surface area contributed by atoms with E-state index in [0.29, 0.717) is 19.7 Å². The molecule has 0 radical (unpaired) electrons. The van der Waals surface area contributed by atoms with E-state index in [9.17, 15) is 4.79 Å². The maximum atomic E-state index is 12.1. The van der Waals surface area contributed by atoms with Gasteiger partial charge in [0, 0.05) is 26.1 Å². The number of amides is 1. The quantitative estimate of drug-likeness (QED) is 0.775. The van der Waals surface area contributed by atoms with Crippen molar-refractivity contribution < 1.29 is 18.8 Å². The van der Waals surface area contributed by atoms with Gasteiger partial charge in [0.05, 0.1) is 31.1 Å². The van der Waals surface area contributed by atoms with Gasteiger partial charge in [-0.3, -0.25) is 4.79 Å². The van der Waals surface area contributed by atoms with Crippen molar-refractivity contribution >= 4 is 5.91 Å². The van der Waals surface area contributed by atoms with Crippen LogP contribution in [0.2, 0.25) is 0 Å². The summed E-state index contributed by atoms with van der Waals surface area (Å²) in [5.41, 5.74) is -0.226. The van der Waals surface area contributed by atoms with Crippen LogP contribution < -0.4 is 0 Å². The molecule has 0 saturated carbocycles. The lowest BCUT2D eigenvalue weighted by Gasteiger charge is -2.22. The summed E-state index contributed by atoms with van der Waals surface area (Å²) >= 11 is 0. The summed E-state index contributed by atoms with van der Waals surface area (Å²) in [5, 5.41) is 3.56. The number of hydrogen-bond acceptors (Lipinski definition) is 5. The van der Waals surface area contributed by atoms with E-state index < -0.39 is 0 Å². The van der Waals surface area contributed by atoms with Gasteiger partial charge in [-0.2, -0.15) is 0 Å². The number of carbonyl (C=O) groups is 1. The highest BCUT2D eigenvalue weighted by Crippen LogP contribution is 2.36. The van der Waals surface area contributed by atoms with Crippen LogP contribution in [-0.2, 0) is 9.47 Å². The zero-order chi connectivity index (χ0) is 12.6. The monoisotopic (exact) mass is 252 g/mol. The first-order chi connectivity index (χ1) is 8.72. The Morgan fingerprint density at radius 1 is 1.67 bits per heavy atom. The molecule has 0 aliphatic carbocycles. The van der Waals surface area contributed by atoms with Crippen molar-refractivity contribution in [3.05, 3.63) is 18.0 Å². The number of carbonyl (C=O) groups excluding carboxylic acids is 1. The van der Waals surface area contributed by atoms with Crippen molar-refractivity contribution in [2.24, 2.45) is 0 Å². The van der Waals surface area contributed by atoms with Crippen molar-refractivity contribution in [1.29, 1.82) is 0 Å². The molecule has 18 heavy (non-hydrogen) atoms. The lowest BCUT2D eigenvalue weighted by molar-refractivity contribution is 0.00669. The van der Waals surface area contributed by atoms with Gasteiger partial charge < -0.3 is 18.9 Å². The molecule has 3 heterocycles. The number of hydrogen-bond donors (Lipinski definition) is 0. The van der Waals surface area contributed by atoms with E-state index in [1.807, 2.05) is 0 Å². The summed E-state index contributed by atoms with van der Waals surface area (Å²) in [4.78, 5) is 13.9. The minimum absolute atomic E-state index is 0.117. The Kier molecular flexibility index (Phi) is 2.83. The Bertz CT molecular complexity index is 433. The first kappa shape index (κ1) is 11.7. The molecule has 0 unspecified atom stereocenters.